The highest BCUT2D eigenvalue weighted by Crippen LogP contribution is 2.17. The second kappa shape index (κ2) is 7.33. The number of pyridine rings is 1. The summed E-state index contributed by atoms with van der Waals surface area (Å²) in [4.78, 5) is 17.9. The van der Waals surface area contributed by atoms with E-state index in [0.717, 1.165) is 12.2 Å². The van der Waals surface area contributed by atoms with Crippen LogP contribution in [0.4, 0.5) is 5.82 Å². The third kappa shape index (κ3) is 4.38. The molecule has 0 fully saturated rings. The Hall–Kier alpha value is -1.03. The second-order valence-electron chi connectivity index (χ2n) is 3.95. The highest BCUT2D eigenvalue weighted by Gasteiger charge is 2.19. The fourth-order valence-electron chi connectivity index (χ4n) is 1.41. The molecule has 94 valence electrons. The van der Waals surface area contributed by atoms with Gasteiger partial charge in [0.05, 0.1) is 5.25 Å². The molecule has 0 aromatic carbocycles. The van der Waals surface area contributed by atoms with Gasteiger partial charge in [-0.1, -0.05) is 19.4 Å². The first-order valence-corrected chi connectivity index (χ1v) is 7.02. The van der Waals surface area contributed by atoms with E-state index < -0.39 is 0 Å². The molecule has 0 saturated heterocycles. The van der Waals surface area contributed by atoms with E-state index in [9.17, 15) is 4.79 Å². The van der Waals surface area contributed by atoms with Crippen molar-refractivity contribution in [2.75, 3.05) is 17.7 Å². The molecule has 1 aromatic heterocycles. The van der Waals surface area contributed by atoms with Gasteiger partial charge in [-0.2, -0.15) is 0 Å². The van der Waals surface area contributed by atoms with Crippen LogP contribution in [0.2, 0.25) is 0 Å². The van der Waals surface area contributed by atoms with Gasteiger partial charge in [0.25, 0.3) is 0 Å². The van der Waals surface area contributed by atoms with E-state index >= 15 is 0 Å². The monoisotopic (exact) mass is 252 g/mol. The first kappa shape index (κ1) is 14.0. The molecule has 1 rings (SSSR count). The van der Waals surface area contributed by atoms with Gasteiger partial charge >= 0.3 is 0 Å². The third-order valence-corrected chi connectivity index (χ3v) is 3.76. The van der Waals surface area contributed by atoms with Gasteiger partial charge in [0.1, 0.15) is 5.82 Å². The van der Waals surface area contributed by atoms with Gasteiger partial charge < -0.3 is 0 Å². The second-order valence-corrected chi connectivity index (χ2v) is 5.40. The van der Waals surface area contributed by atoms with E-state index in [2.05, 4.69) is 11.9 Å². The Balaban J connectivity index is 2.51. The Kier molecular flexibility index (Phi) is 6.05. The number of rotatable bonds is 6. The fraction of sp³-hybridized carbons (Fsp3) is 0.538. The summed E-state index contributed by atoms with van der Waals surface area (Å²) >= 11 is 1.71. The molecule has 4 heteroatoms. The summed E-state index contributed by atoms with van der Waals surface area (Å²) in [5.74, 6) is 1.87. The van der Waals surface area contributed by atoms with Gasteiger partial charge in [0.15, 0.2) is 0 Å². The number of carbonyl (C=O) groups is 1. The molecule has 0 aliphatic carbocycles. The maximum atomic E-state index is 12.1. The van der Waals surface area contributed by atoms with Crippen LogP contribution in [-0.2, 0) is 4.79 Å². The van der Waals surface area contributed by atoms with Crippen LogP contribution < -0.4 is 4.90 Å². The van der Waals surface area contributed by atoms with Crippen molar-refractivity contribution in [2.24, 2.45) is 0 Å². The van der Waals surface area contributed by atoms with Crippen LogP contribution in [0.5, 0.6) is 0 Å². The Bertz CT molecular complexity index is 343. The minimum atomic E-state index is -0.00597. The number of thioether (sulfide) groups is 1. The fourth-order valence-corrected chi connectivity index (χ4v) is 2.52. The number of anilines is 1. The molecule has 0 bridgehead atoms. The lowest BCUT2D eigenvalue weighted by atomic mass is 10.3. The van der Waals surface area contributed by atoms with Crippen LogP contribution in [0.15, 0.2) is 24.4 Å². The SMILES string of the molecule is CCCCSC(C)C(=O)N(C)c1ccccn1. The molecule has 1 aromatic rings. The first-order valence-electron chi connectivity index (χ1n) is 5.97. The number of amides is 1. The average molecular weight is 252 g/mol. The highest BCUT2D eigenvalue weighted by molar-refractivity contribution is 8.00. The molecule has 0 N–H and O–H groups in total. The number of unbranched alkanes of at least 4 members (excludes halogenated alkanes) is 1. The number of aromatic nitrogens is 1. The Morgan fingerprint density at radius 3 is 2.88 bits per heavy atom. The number of nitrogens with zero attached hydrogens (tertiary/aromatic N) is 2. The molecule has 1 atom stereocenters. The normalized spacial score (nSPS) is 12.2. The van der Waals surface area contributed by atoms with Crippen LogP contribution in [0, 0.1) is 0 Å². The third-order valence-electron chi connectivity index (χ3n) is 2.54. The standard InChI is InChI=1S/C13H20N2OS/c1-4-5-10-17-11(2)13(16)15(3)12-8-6-7-9-14-12/h6-9,11H,4-5,10H2,1-3H3. The average Bonchev–Trinajstić information content (AvgIpc) is 2.38. The van der Waals surface area contributed by atoms with E-state index in [4.69, 9.17) is 0 Å². The molecule has 0 aliphatic heterocycles. The largest absolute Gasteiger partial charge is 0.299 e. The van der Waals surface area contributed by atoms with Crippen molar-refractivity contribution >= 4 is 23.5 Å². The lowest BCUT2D eigenvalue weighted by Crippen LogP contribution is -2.33. The Morgan fingerprint density at radius 1 is 1.53 bits per heavy atom. The molecule has 0 aliphatic rings. The van der Waals surface area contributed by atoms with Crippen molar-refractivity contribution in [1.82, 2.24) is 4.98 Å². The van der Waals surface area contributed by atoms with Crippen LogP contribution in [0.3, 0.4) is 0 Å². The van der Waals surface area contributed by atoms with Crippen LogP contribution in [0.1, 0.15) is 26.7 Å². The first-order chi connectivity index (χ1) is 8.16. The summed E-state index contributed by atoms with van der Waals surface area (Å²) in [7, 11) is 1.78. The van der Waals surface area contributed by atoms with E-state index in [1.165, 1.54) is 6.42 Å². The molecule has 3 nitrogen and oxygen atoms in total. The number of hydrogen-bond acceptors (Lipinski definition) is 3. The predicted octanol–water partition coefficient (Wildman–Crippen LogP) is 2.97. The highest BCUT2D eigenvalue weighted by atomic mass is 32.2. The summed E-state index contributed by atoms with van der Waals surface area (Å²) in [5, 5.41) is -0.00597. The smallest absolute Gasteiger partial charge is 0.240 e. The predicted molar refractivity (Wildman–Crippen MR) is 74.5 cm³/mol. The maximum Gasteiger partial charge on any atom is 0.240 e. The lowest BCUT2D eigenvalue weighted by molar-refractivity contribution is -0.117. The van der Waals surface area contributed by atoms with Gasteiger partial charge in [-0.25, -0.2) is 4.98 Å². The summed E-state index contributed by atoms with van der Waals surface area (Å²) in [6.07, 6.45) is 4.04. The van der Waals surface area contributed by atoms with E-state index in [-0.39, 0.29) is 11.2 Å². The molecule has 0 saturated carbocycles. The molecule has 0 radical (unpaired) electrons. The quantitative estimate of drug-likeness (QED) is 0.730. The van der Waals surface area contributed by atoms with Crippen molar-refractivity contribution in [1.29, 1.82) is 0 Å². The minimum absolute atomic E-state index is 0.00597. The van der Waals surface area contributed by atoms with Gasteiger partial charge in [-0.3, -0.25) is 9.69 Å². The molecular formula is C13H20N2OS. The van der Waals surface area contributed by atoms with Crippen molar-refractivity contribution in [2.45, 2.75) is 31.9 Å². The molecule has 1 unspecified atom stereocenters. The lowest BCUT2D eigenvalue weighted by Gasteiger charge is -2.20. The Labute approximate surface area is 108 Å². The number of hydrogen-bond donors (Lipinski definition) is 0. The zero-order valence-electron chi connectivity index (χ0n) is 10.7. The topological polar surface area (TPSA) is 33.2 Å². The summed E-state index contributed by atoms with van der Waals surface area (Å²) in [5.41, 5.74) is 0. The van der Waals surface area contributed by atoms with Crippen molar-refractivity contribution in [3.05, 3.63) is 24.4 Å². The van der Waals surface area contributed by atoms with Gasteiger partial charge in [-0.05, 0) is 31.2 Å². The zero-order chi connectivity index (χ0) is 12.7. The molecule has 0 spiro atoms. The molecule has 1 heterocycles. The van der Waals surface area contributed by atoms with Crippen molar-refractivity contribution in [3.8, 4) is 0 Å². The Morgan fingerprint density at radius 2 is 2.29 bits per heavy atom. The van der Waals surface area contributed by atoms with E-state index in [0.29, 0.717) is 5.82 Å². The maximum absolute atomic E-state index is 12.1. The molecule has 17 heavy (non-hydrogen) atoms. The summed E-state index contributed by atoms with van der Waals surface area (Å²) in [6.45, 7) is 4.12. The molecule has 1 amide bonds. The van der Waals surface area contributed by atoms with Gasteiger partial charge in [0, 0.05) is 13.2 Å². The summed E-state index contributed by atoms with van der Waals surface area (Å²) in [6, 6.07) is 5.59. The van der Waals surface area contributed by atoms with Gasteiger partial charge in [0.2, 0.25) is 5.91 Å². The van der Waals surface area contributed by atoms with Crippen LogP contribution >= 0.6 is 11.8 Å². The summed E-state index contributed by atoms with van der Waals surface area (Å²) < 4.78 is 0. The zero-order valence-corrected chi connectivity index (χ0v) is 11.5. The van der Waals surface area contributed by atoms with E-state index in [1.54, 1.807) is 29.9 Å². The number of carbonyl (C=O) groups excluding carboxylic acids is 1. The van der Waals surface area contributed by atoms with Crippen LogP contribution in [-0.4, -0.2) is 28.9 Å². The molecular weight excluding hydrogens is 232 g/mol. The minimum Gasteiger partial charge on any atom is -0.299 e. The van der Waals surface area contributed by atoms with Crippen LogP contribution in [0.25, 0.3) is 0 Å². The van der Waals surface area contributed by atoms with E-state index in [1.807, 2.05) is 25.1 Å². The van der Waals surface area contributed by atoms with Gasteiger partial charge in [-0.15, -0.1) is 11.8 Å². The van der Waals surface area contributed by atoms with Crippen molar-refractivity contribution in [3.63, 3.8) is 0 Å². The van der Waals surface area contributed by atoms with Crippen molar-refractivity contribution < 1.29 is 4.79 Å².